The van der Waals surface area contributed by atoms with Crippen LogP contribution < -0.4 is 5.73 Å². The molecule has 1 unspecified atom stereocenters. The molecule has 0 aromatic heterocycles. The van der Waals surface area contributed by atoms with Gasteiger partial charge in [-0.3, -0.25) is 0 Å². The normalized spacial score (nSPS) is 12.5. The van der Waals surface area contributed by atoms with E-state index in [2.05, 4.69) is 15.9 Å². The Hall–Kier alpha value is -1.19. The molecule has 0 aliphatic heterocycles. The number of halogens is 2. The van der Waals surface area contributed by atoms with Gasteiger partial charge >= 0.3 is 0 Å². The maximum absolute atomic E-state index is 12.8. The number of aryl methyl sites for hydroxylation is 1. The highest BCUT2D eigenvalue weighted by atomic mass is 79.9. The number of nitrogens with two attached hydrogens (primary N) is 1. The molecule has 2 N–H and O–H groups in total. The Kier molecular flexibility index (Phi) is 3.60. The Morgan fingerprint density at radius 1 is 1.12 bits per heavy atom. The highest BCUT2D eigenvalue weighted by Crippen LogP contribution is 2.25. The van der Waals surface area contributed by atoms with Crippen LogP contribution in [0.5, 0.6) is 0 Å². The Labute approximate surface area is 109 Å². The van der Waals surface area contributed by atoms with Gasteiger partial charge in [-0.15, -0.1) is 0 Å². The van der Waals surface area contributed by atoms with Crippen LogP contribution >= 0.6 is 15.9 Å². The lowest BCUT2D eigenvalue weighted by Gasteiger charge is -2.15. The van der Waals surface area contributed by atoms with Crippen molar-refractivity contribution in [3.05, 3.63) is 69.4 Å². The van der Waals surface area contributed by atoms with Crippen LogP contribution in [0.2, 0.25) is 0 Å². The van der Waals surface area contributed by atoms with Crippen molar-refractivity contribution in [1.29, 1.82) is 0 Å². The summed E-state index contributed by atoms with van der Waals surface area (Å²) in [5, 5.41) is 0. The van der Waals surface area contributed by atoms with E-state index in [1.165, 1.54) is 12.1 Å². The predicted molar refractivity (Wildman–Crippen MR) is 71.3 cm³/mol. The first-order chi connectivity index (χ1) is 8.08. The van der Waals surface area contributed by atoms with E-state index in [1.807, 2.05) is 25.1 Å². The summed E-state index contributed by atoms with van der Waals surface area (Å²) in [6, 6.07) is 12.1. The molecule has 0 spiro atoms. The fraction of sp³-hybridized carbons (Fsp3) is 0.143. The second-order valence-corrected chi connectivity index (χ2v) is 4.95. The lowest BCUT2D eigenvalue weighted by Crippen LogP contribution is -2.13. The quantitative estimate of drug-likeness (QED) is 0.892. The molecular weight excluding hydrogens is 281 g/mol. The zero-order chi connectivity index (χ0) is 12.4. The summed E-state index contributed by atoms with van der Waals surface area (Å²) < 4.78 is 13.9. The molecule has 0 aliphatic rings. The lowest BCUT2D eigenvalue weighted by molar-refractivity contribution is 0.626. The Bertz CT molecular complexity index is 522. The molecule has 2 aromatic rings. The van der Waals surface area contributed by atoms with E-state index in [1.54, 1.807) is 12.1 Å². The van der Waals surface area contributed by atoms with Gasteiger partial charge in [0.05, 0.1) is 6.04 Å². The van der Waals surface area contributed by atoms with Crippen LogP contribution in [-0.4, -0.2) is 0 Å². The van der Waals surface area contributed by atoms with E-state index < -0.39 is 0 Å². The van der Waals surface area contributed by atoms with Crippen molar-refractivity contribution in [3.8, 4) is 0 Å². The molecule has 1 atom stereocenters. The molecule has 88 valence electrons. The van der Waals surface area contributed by atoms with Gasteiger partial charge in [-0.1, -0.05) is 34.1 Å². The molecule has 2 aromatic carbocycles. The highest BCUT2D eigenvalue weighted by molar-refractivity contribution is 9.10. The van der Waals surface area contributed by atoms with Gasteiger partial charge < -0.3 is 5.73 Å². The molecule has 0 heterocycles. The van der Waals surface area contributed by atoms with Crippen molar-refractivity contribution in [2.75, 3.05) is 0 Å². The number of rotatable bonds is 2. The van der Waals surface area contributed by atoms with Crippen LogP contribution in [-0.2, 0) is 0 Å². The van der Waals surface area contributed by atoms with Crippen molar-refractivity contribution < 1.29 is 4.39 Å². The zero-order valence-electron chi connectivity index (χ0n) is 9.45. The van der Waals surface area contributed by atoms with Gasteiger partial charge in [0, 0.05) is 4.47 Å². The van der Waals surface area contributed by atoms with Gasteiger partial charge in [-0.25, -0.2) is 4.39 Å². The summed E-state index contributed by atoms with van der Waals surface area (Å²) in [4.78, 5) is 0. The molecule has 0 saturated carbocycles. The van der Waals surface area contributed by atoms with Crippen LogP contribution in [0.1, 0.15) is 22.7 Å². The van der Waals surface area contributed by atoms with Gasteiger partial charge in [0.2, 0.25) is 0 Å². The molecule has 1 nitrogen and oxygen atoms in total. The van der Waals surface area contributed by atoms with E-state index in [9.17, 15) is 4.39 Å². The van der Waals surface area contributed by atoms with Crippen molar-refractivity contribution in [2.45, 2.75) is 13.0 Å². The average molecular weight is 294 g/mol. The minimum absolute atomic E-state index is 0.219. The molecule has 2 rings (SSSR count). The largest absolute Gasteiger partial charge is 0.320 e. The van der Waals surface area contributed by atoms with Crippen LogP contribution in [0.15, 0.2) is 46.9 Å². The van der Waals surface area contributed by atoms with Crippen LogP contribution in [0, 0.1) is 12.7 Å². The first-order valence-corrected chi connectivity index (χ1v) is 6.14. The smallest absolute Gasteiger partial charge is 0.123 e. The number of benzene rings is 2. The molecule has 17 heavy (non-hydrogen) atoms. The maximum atomic E-state index is 12.8. The van der Waals surface area contributed by atoms with E-state index in [0.717, 1.165) is 21.2 Å². The lowest BCUT2D eigenvalue weighted by atomic mass is 9.96. The third-order valence-electron chi connectivity index (χ3n) is 2.80. The van der Waals surface area contributed by atoms with Gasteiger partial charge in [0.15, 0.2) is 0 Å². The van der Waals surface area contributed by atoms with Crippen molar-refractivity contribution in [3.63, 3.8) is 0 Å². The van der Waals surface area contributed by atoms with Crippen LogP contribution in [0.4, 0.5) is 4.39 Å². The van der Waals surface area contributed by atoms with Crippen LogP contribution in [0.25, 0.3) is 0 Å². The predicted octanol–water partition coefficient (Wildman–Crippen LogP) is 3.94. The Balaban J connectivity index is 2.36. The first kappa shape index (κ1) is 12.3. The summed E-state index contributed by atoms with van der Waals surface area (Å²) in [5.41, 5.74) is 9.27. The summed E-state index contributed by atoms with van der Waals surface area (Å²) in [6.45, 7) is 2.02. The minimum Gasteiger partial charge on any atom is -0.320 e. The fourth-order valence-electron chi connectivity index (χ4n) is 1.84. The minimum atomic E-state index is -0.242. The highest BCUT2D eigenvalue weighted by Gasteiger charge is 2.11. The monoisotopic (exact) mass is 293 g/mol. The molecule has 0 aliphatic carbocycles. The second-order valence-electron chi connectivity index (χ2n) is 4.03. The van der Waals surface area contributed by atoms with E-state index in [4.69, 9.17) is 5.73 Å². The molecule has 0 bridgehead atoms. The molecular formula is C14H13BrFN. The average Bonchev–Trinajstić information content (AvgIpc) is 2.29. The van der Waals surface area contributed by atoms with Crippen LogP contribution in [0.3, 0.4) is 0 Å². The second kappa shape index (κ2) is 4.98. The molecule has 0 saturated heterocycles. The van der Waals surface area contributed by atoms with E-state index >= 15 is 0 Å². The summed E-state index contributed by atoms with van der Waals surface area (Å²) in [5.74, 6) is -0.242. The topological polar surface area (TPSA) is 26.0 Å². The van der Waals surface area contributed by atoms with Crippen molar-refractivity contribution in [1.82, 2.24) is 0 Å². The number of hydrogen-bond donors (Lipinski definition) is 1. The molecule has 0 fully saturated rings. The van der Waals surface area contributed by atoms with Crippen molar-refractivity contribution >= 4 is 15.9 Å². The first-order valence-electron chi connectivity index (χ1n) is 5.35. The standard InChI is InChI=1S/C14H13BrFN/c1-9-8-11(15)4-7-13(9)14(17)10-2-5-12(16)6-3-10/h2-8,14H,17H2,1H3. The van der Waals surface area contributed by atoms with E-state index in [-0.39, 0.29) is 11.9 Å². The Morgan fingerprint density at radius 2 is 1.76 bits per heavy atom. The third kappa shape index (κ3) is 2.73. The van der Waals surface area contributed by atoms with Gasteiger partial charge in [0.25, 0.3) is 0 Å². The third-order valence-corrected chi connectivity index (χ3v) is 3.29. The number of hydrogen-bond acceptors (Lipinski definition) is 1. The summed E-state index contributed by atoms with van der Waals surface area (Å²) >= 11 is 3.42. The van der Waals surface area contributed by atoms with Crippen molar-refractivity contribution in [2.24, 2.45) is 5.73 Å². The summed E-state index contributed by atoms with van der Waals surface area (Å²) in [7, 11) is 0. The SMILES string of the molecule is Cc1cc(Br)ccc1C(N)c1ccc(F)cc1. The zero-order valence-corrected chi connectivity index (χ0v) is 11.0. The van der Waals surface area contributed by atoms with Gasteiger partial charge in [-0.2, -0.15) is 0 Å². The molecule has 0 radical (unpaired) electrons. The van der Waals surface area contributed by atoms with E-state index in [0.29, 0.717) is 0 Å². The fourth-order valence-corrected chi connectivity index (χ4v) is 2.31. The molecule has 3 heteroatoms. The Morgan fingerprint density at radius 3 is 2.35 bits per heavy atom. The maximum Gasteiger partial charge on any atom is 0.123 e. The van der Waals surface area contributed by atoms with Gasteiger partial charge in [0.1, 0.15) is 5.82 Å². The van der Waals surface area contributed by atoms with Gasteiger partial charge in [-0.05, 0) is 47.9 Å². The molecule has 0 amide bonds. The summed E-state index contributed by atoms with van der Waals surface area (Å²) in [6.07, 6.45) is 0.